The van der Waals surface area contributed by atoms with Crippen LogP contribution in [0.5, 0.6) is 5.75 Å². The first-order chi connectivity index (χ1) is 11.5. The van der Waals surface area contributed by atoms with Gasteiger partial charge in [0.15, 0.2) is 19.0 Å². The zero-order valence-corrected chi connectivity index (χ0v) is 14.0. The number of hydrogen-bond donors (Lipinski definition) is 1. The minimum Gasteiger partial charge on any atom is -0.482 e. The molecule has 1 N–H and O–H groups in total. The molecule has 7 heteroatoms. The SMILES string of the molecule is O=C1COc2ccc(C(=O)COC(=O)c3ccccc3Br)cc2N1. The molecule has 1 aliphatic heterocycles. The number of fused-ring (bicyclic) bond motifs is 1. The van der Waals surface area contributed by atoms with Gasteiger partial charge in [-0.05, 0) is 46.3 Å². The van der Waals surface area contributed by atoms with E-state index in [-0.39, 0.29) is 18.3 Å². The van der Waals surface area contributed by atoms with Gasteiger partial charge in [0.2, 0.25) is 0 Å². The topological polar surface area (TPSA) is 81.7 Å². The zero-order chi connectivity index (χ0) is 17.1. The van der Waals surface area contributed by atoms with Crippen molar-refractivity contribution in [3.05, 3.63) is 58.1 Å². The standard InChI is InChI=1S/C17H12BrNO5/c18-12-4-2-1-3-11(12)17(22)24-8-14(20)10-5-6-15-13(7-10)19-16(21)9-23-15/h1-7H,8-9H2,(H,19,21). The van der Waals surface area contributed by atoms with E-state index in [0.717, 1.165) is 0 Å². The van der Waals surface area contributed by atoms with Crippen LogP contribution in [0.15, 0.2) is 46.9 Å². The third kappa shape index (κ3) is 3.46. The molecular weight excluding hydrogens is 378 g/mol. The summed E-state index contributed by atoms with van der Waals surface area (Å²) in [5, 5.41) is 2.62. The monoisotopic (exact) mass is 389 g/mol. The number of Topliss-reactive ketones (excluding diaryl/α,β-unsaturated/α-hetero) is 1. The highest BCUT2D eigenvalue weighted by Crippen LogP contribution is 2.28. The predicted molar refractivity (Wildman–Crippen MR) is 89.3 cm³/mol. The molecule has 0 fully saturated rings. The Bertz CT molecular complexity index is 833. The maximum absolute atomic E-state index is 12.2. The summed E-state index contributed by atoms with van der Waals surface area (Å²) >= 11 is 3.26. The molecule has 122 valence electrons. The summed E-state index contributed by atoms with van der Waals surface area (Å²) in [6.45, 7) is -0.447. The van der Waals surface area contributed by atoms with Crippen molar-refractivity contribution >= 4 is 39.3 Å². The third-order valence-corrected chi connectivity index (χ3v) is 4.05. The molecule has 2 aromatic rings. The van der Waals surface area contributed by atoms with E-state index in [9.17, 15) is 14.4 Å². The maximum Gasteiger partial charge on any atom is 0.339 e. The third-order valence-electron chi connectivity index (χ3n) is 3.36. The van der Waals surface area contributed by atoms with E-state index >= 15 is 0 Å². The van der Waals surface area contributed by atoms with Gasteiger partial charge in [-0.25, -0.2) is 4.79 Å². The molecular formula is C17H12BrNO5. The summed E-state index contributed by atoms with van der Waals surface area (Å²) in [5.41, 5.74) is 1.09. The number of anilines is 1. The number of amides is 1. The fourth-order valence-electron chi connectivity index (χ4n) is 2.18. The van der Waals surface area contributed by atoms with E-state index in [1.807, 2.05) is 0 Å². The van der Waals surface area contributed by atoms with Crippen molar-refractivity contribution in [2.24, 2.45) is 0 Å². The van der Waals surface area contributed by atoms with Crippen LogP contribution in [-0.2, 0) is 9.53 Å². The first kappa shape index (κ1) is 16.2. The van der Waals surface area contributed by atoms with Gasteiger partial charge in [-0.1, -0.05) is 12.1 Å². The Morgan fingerprint density at radius 3 is 2.79 bits per heavy atom. The molecule has 2 aromatic carbocycles. The summed E-state index contributed by atoms with van der Waals surface area (Å²) in [6, 6.07) is 11.4. The summed E-state index contributed by atoms with van der Waals surface area (Å²) in [7, 11) is 0. The second-order valence-corrected chi connectivity index (χ2v) is 5.88. The molecule has 0 saturated heterocycles. The number of nitrogens with one attached hydrogen (secondary N) is 1. The number of benzene rings is 2. The lowest BCUT2D eigenvalue weighted by atomic mass is 10.1. The lowest BCUT2D eigenvalue weighted by Gasteiger charge is -2.18. The smallest absolute Gasteiger partial charge is 0.339 e. The molecule has 1 amide bonds. The van der Waals surface area contributed by atoms with Crippen molar-refractivity contribution in [2.45, 2.75) is 0 Å². The second kappa shape index (κ2) is 6.84. The zero-order valence-electron chi connectivity index (χ0n) is 12.4. The molecule has 0 aromatic heterocycles. The average molecular weight is 390 g/mol. The summed E-state index contributed by atoms with van der Waals surface area (Å²) < 4.78 is 10.9. The number of carbonyl (C=O) groups excluding carboxylic acids is 3. The van der Waals surface area contributed by atoms with E-state index in [2.05, 4.69) is 21.2 Å². The van der Waals surface area contributed by atoms with Crippen LogP contribution >= 0.6 is 15.9 Å². The minimum absolute atomic E-state index is 0.0517. The van der Waals surface area contributed by atoms with Gasteiger partial charge in [0, 0.05) is 10.0 Å². The lowest BCUT2D eigenvalue weighted by Crippen LogP contribution is -2.25. The largest absolute Gasteiger partial charge is 0.482 e. The molecule has 1 aliphatic rings. The van der Waals surface area contributed by atoms with E-state index in [1.54, 1.807) is 36.4 Å². The molecule has 1 heterocycles. The van der Waals surface area contributed by atoms with Crippen LogP contribution in [0, 0.1) is 0 Å². The van der Waals surface area contributed by atoms with Gasteiger partial charge in [-0.3, -0.25) is 9.59 Å². The number of halogens is 1. The van der Waals surface area contributed by atoms with Crippen molar-refractivity contribution < 1.29 is 23.9 Å². The number of ether oxygens (including phenoxy) is 2. The van der Waals surface area contributed by atoms with Gasteiger partial charge in [-0.2, -0.15) is 0 Å². The minimum atomic E-state index is -0.592. The normalized spacial score (nSPS) is 12.6. The van der Waals surface area contributed by atoms with Crippen molar-refractivity contribution in [3.8, 4) is 5.75 Å². The van der Waals surface area contributed by atoms with Crippen molar-refractivity contribution in [3.63, 3.8) is 0 Å². The van der Waals surface area contributed by atoms with Crippen molar-refractivity contribution in [1.29, 1.82) is 0 Å². The van der Waals surface area contributed by atoms with Crippen LogP contribution in [0.25, 0.3) is 0 Å². The highest BCUT2D eigenvalue weighted by molar-refractivity contribution is 9.10. The Labute approximate surface area is 145 Å². The fourth-order valence-corrected chi connectivity index (χ4v) is 2.62. The fraction of sp³-hybridized carbons (Fsp3) is 0.118. The van der Waals surface area contributed by atoms with Gasteiger partial charge in [0.1, 0.15) is 5.75 Å². The van der Waals surface area contributed by atoms with Crippen LogP contribution in [-0.4, -0.2) is 30.9 Å². The number of rotatable bonds is 4. The van der Waals surface area contributed by atoms with Gasteiger partial charge in [0.25, 0.3) is 5.91 Å². The highest BCUT2D eigenvalue weighted by atomic mass is 79.9. The Morgan fingerprint density at radius 1 is 1.21 bits per heavy atom. The molecule has 0 saturated carbocycles. The first-order valence-electron chi connectivity index (χ1n) is 7.06. The van der Waals surface area contributed by atoms with E-state index < -0.39 is 12.6 Å². The summed E-state index contributed by atoms with van der Waals surface area (Å²) in [4.78, 5) is 35.5. The Kier molecular flexibility index (Phi) is 4.61. The van der Waals surface area contributed by atoms with Crippen molar-refractivity contribution in [2.75, 3.05) is 18.5 Å². The number of ketones is 1. The lowest BCUT2D eigenvalue weighted by molar-refractivity contribution is -0.118. The number of carbonyl (C=O) groups is 3. The Balaban J connectivity index is 1.67. The number of hydrogen-bond acceptors (Lipinski definition) is 5. The van der Waals surface area contributed by atoms with Crippen LogP contribution < -0.4 is 10.1 Å². The van der Waals surface area contributed by atoms with Gasteiger partial charge < -0.3 is 14.8 Å². The van der Waals surface area contributed by atoms with Crippen LogP contribution in [0.4, 0.5) is 5.69 Å². The van der Waals surface area contributed by atoms with Gasteiger partial charge >= 0.3 is 5.97 Å². The highest BCUT2D eigenvalue weighted by Gasteiger charge is 2.19. The Hall–Kier alpha value is -2.67. The molecule has 24 heavy (non-hydrogen) atoms. The van der Waals surface area contributed by atoms with E-state index in [1.165, 1.54) is 6.07 Å². The maximum atomic E-state index is 12.2. The molecule has 0 radical (unpaired) electrons. The molecule has 0 bridgehead atoms. The molecule has 6 nitrogen and oxygen atoms in total. The molecule has 0 aliphatic carbocycles. The Morgan fingerprint density at radius 2 is 2.00 bits per heavy atom. The molecule has 0 unspecified atom stereocenters. The van der Waals surface area contributed by atoms with Crippen LogP contribution in [0.1, 0.15) is 20.7 Å². The van der Waals surface area contributed by atoms with Crippen LogP contribution in [0.3, 0.4) is 0 Å². The van der Waals surface area contributed by atoms with Gasteiger partial charge in [-0.15, -0.1) is 0 Å². The number of esters is 1. The van der Waals surface area contributed by atoms with E-state index in [4.69, 9.17) is 9.47 Å². The van der Waals surface area contributed by atoms with Crippen molar-refractivity contribution in [1.82, 2.24) is 0 Å². The average Bonchev–Trinajstić information content (AvgIpc) is 2.59. The van der Waals surface area contributed by atoms with Crippen LogP contribution in [0.2, 0.25) is 0 Å². The molecule has 3 rings (SSSR count). The van der Waals surface area contributed by atoms with E-state index in [0.29, 0.717) is 27.0 Å². The second-order valence-electron chi connectivity index (χ2n) is 5.03. The summed E-state index contributed by atoms with van der Waals surface area (Å²) in [6.07, 6.45) is 0. The quantitative estimate of drug-likeness (QED) is 0.642. The first-order valence-corrected chi connectivity index (χ1v) is 7.85. The van der Waals surface area contributed by atoms with Gasteiger partial charge in [0.05, 0.1) is 11.3 Å². The molecule has 0 atom stereocenters. The predicted octanol–water partition coefficient (Wildman–Crippen LogP) is 2.82. The summed E-state index contributed by atoms with van der Waals surface area (Å²) in [5.74, 6) is -0.757. The molecule has 0 spiro atoms.